The SMILES string of the molecule is C[C@@H]1CN([C@H](C)CO)C(=O)c2cc(-c3ccncc3)cnc2O[C@H]1CN(C)S(=O)(=O)c1ccccc1. The summed E-state index contributed by atoms with van der Waals surface area (Å²) in [6, 6.07) is 13.1. The van der Waals surface area contributed by atoms with E-state index in [1.54, 1.807) is 66.8 Å². The number of nitrogens with zero attached hydrogens (tertiary/aromatic N) is 4. The molecule has 10 heteroatoms. The van der Waals surface area contributed by atoms with E-state index >= 15 is 0 Å². The standard InChI is InChI=1S/C26H30N4O5S/c1-18-15-30(19(2)17-31)26(32)23-13-21(20-9-11-27-12-10-20)14-28-25(23)35-24(18)16-29(3)36(33,34)22-7-5-4-6-8-22/h4-14,18-19,24,31H,15-17H2,1-3H3/t18-,19-,24+/m1/s1. The van der Waals surface area contributed by atoms with Crippen LogP contribution in [0.2, 0.25) is 0 Å². The predicted molar refractivity (Wildman–Crippen MR) is 135 cm³/mol. The number of aliphatic hydroxyl groups excluding tert-OH is 1. The lowest BCUT2D eigenvalue weighted by Gasteiger charge is -2.37. The van der Waals surface area contributed by atoms with Crippen LogP contribution in [0.3, 0.4) is 0 Å². The molecule has 4 rings (SSSR count). The number of amides is 1. The van der Waals surface area contributed by atoms with Gasteiger partial charge in [0.25, 0.3) is 5.91 Å². The molecular formula is C26H30N4O5S. The van der Waals surface area contributed by atoms with Gasteiger partial charge in [0, 0.05) is 43.7 Å². The molecule has 0 saturated carbocycles. The quantitative estimate of drug-likeness (QED) is 0.520. The van der Waals surface area contributed by atoms with Gasteiger partial charge >= 0.3 is 0 Å². The van der Waals surface area contributed by atoms with Gasteiger partial charge in [0.05, 0.1) is 24.1 Å². The van der Waals surface area contributed by atoms with Crippen molar-refractivity contribution in [3.05, 3.63) is 72.7 Å². The fourth-order valence-electron chi connectivity index (χ4n) is 4.15. The second-order valence-corrected chi connectivity index (χ2v) is 11.1. The van der Waals surface area contributed by atoms with Crippen molar-refractivity contribution in [3.63, 3.8) is 0 Å². The van der Waals surface area contributed by atoms with Gasteiger partial charge in [0.2, 0.25) is 15.9 Å². The number of hydrogen-bond donors (Lipinski definition) is 1. The molecule has 36 heavy (non-hydrogen) atoms. The molecule has 3 heterocycles. The molecular weight excluding hydrogens is 480 g/mol. The van der Waals surface area contributed by atoms with Crippen LogP contribution in [0, 0.1) is 5.92 Å². The number of fused-ring (bicyclic) bond motifs is 1. The van der Waals surface area contributed by atoms with E-state index in [-0.39, 0.29) is 47.9 Å². The number of hydrogen-bond acceptors (Lipinski definition) is 7. The van der Waals surface area contributed by atoms with Gasteiger partial charge < -0.3 is 14.7 Å². The molecule has 0 aliphatic carbocycles. The van der Waals surface area contributed by atoms with E-state index in [0.29, 0.717) is 0 Å². The number of aromatic nitrogens is 2. The molecule has 0 spiro atoms. The molecule has 9 nitrogen and oxygen atoms in total. The number of pyridine rings is 2. The van der Waals surface area contributed by atoms with E-state index in [2.05, 4.69) is 9.97 Å². The summed E-state index contributed by atoms with van der Waals surface area (Å²) < 4.78 is 33.8. The van der Waals surface area contributed by atoms with Crippen molar-refractivity contribution in [2.75, 3.05) is 26.7 Å². The highest BCUT2D eigenvalue weighted by atomic mass is 32.2. The van der Waals surface area contributed by atoms with Crippen LogP contribution in [0.5, 0.6) is 5.88 Å². The Morgan fingerprint density at radius 3 is 2.53 bits per heavy atom. The second kappa shape index (κ2) is 10.7. The number of benzene rings is 1. The number of ether oxygens (including phenoxy) is 1. The molecule has 0 radical (unpaired) electrons. The molecule has 3 aromatic rings. The van der Waals surface area contributed by atoms with Crippen LogP contribution < -0.4 is 4.74 Å². The third-order valence-corrected chi connectivity index (χ3v) is 8.26. The monoisotopic (exact) mass is 510 g/mol. The first kappa shape index (κ1) is 25.7. The first-order valence-corrected chi connectivity index (χ1v) is 13.2. The number of carbonyl (C=O) groups excluding carboxylic acids is 1. The van der Waals surface area contributed by atoms with Crippen molar-refractivity contribution in [3.8, 4) is 17.0 Å². The van der Waals surface area contributed by atoms with Crippen molar-refractivity contribution >= 4 is 15.9 Å². The van der Waals surface area contributed by atoms with E-state index in [1.165, 1.54) is 11.4 Å². The molecule has 1 aliphatic rings. The Hall–Kier alpha value is -3.34. The first-order valence-electron chi connectivity index (χ1n) is 11.7. The zero-order valence-corrected chi connectivity index (χ0v) is 21.3. The van der Waals surface area contributed by atoms with Crippen LogP contribution in [-0.4, -0.2) is 77.5 Å². The van der Waals surface area contributed by atoms with E-state index in [4.69, 9.17) is 4.74 Å². The molecule has 0 unspecified atom stereocenters. The van der Waals surface area contributed by atoms with Gasteiger partial charge in [-0.25, -0.2) is 13.4 Å². The summed E-state index contributed by atoms with van der Waals surface area (Å²) in [5.41, 5.74) is 1.82. The van der Waals surface area contributed by atoms with E-state index in [0.717, 1.165) is 11.1 Å². The maximum Gasteiger partial charge on any atom is 0.259 e. The number of carbonyl (C=O) groups is 1. The summed E-state index contributed by atoms with van der Waals surface area (Å²) in [7, 11) is -2.23. The number of sulfonamides is 1. The normalized spacial score (nSPS) is 19.2. The Morgan fingerprint density at radius 1 is 1.17 bits per heavy atom. The Bertz CT molecular complexity index is 1300. The lowest BCUT2D eigenvalue weighted by atomic mass is 9.99. The third kappa shape index (κ3) is 5.25. The minimum atomic E-state index is -3.74. The smallest absolute Gasteiger partial charge is 0.259 e. The molecule has 1 aliphatic heterocycles. The summed E-state index contributed by atoms with van der Waals surface area (Å²) >= 11 is 0. The molecule has 1 N–H and O–H groups in total. The van der Waals surface area contributed by atoms with Gasteiger partial charge in [-0.05, 0) is 42.8 Å². The van der Waals surface area contributed by atoms with Gasteiger partial charge in [-0.3, -0.25) is 9.78 Å². The van der Waals surface area contributed by atoms with E-state index in [1.807, 2.05) is 19.1 Å². The van der Waals surface area contributed by atoms with Gasteiger partial charge in [-0.2, -0.15) is 4.31 Å². The number of aliphatic hydroxyl groups is 1. The lowest BCUT2D eigenvalue weighted by Crippen LogP contribution is -2.50. The minimum Gasteiger partial charge on any atom is -0.472 e. The van der Waals surface area contributed by atoms with Crippen LogP contribution in [0.4, 0.5) is 0 Å². The molecule has 1 aromatic carbocycles. The van der Waals surface area contributed by atoms with Crippen LogP contribution in [0.1, 0.15) is 24.2 Å². The predicted octanol–water partition coefficient (Wildman–Crippen LogP) is 2.68. The Morgan fingerprint density at radius 2 is 1.86 bits per heavy atom. The van der Waals surface area contributed by atoms with Crippen LogP contribution in [-0.2, 0) is 10.0 Å². The number of rotatable bonds is 7. The van der Waals surface area contributed by atoms with Crippen molar-refractivity contribution in [2.45, 2.75) is 30.9 Å². The lowest BCUT2D eigenvalue weighted by molar-refractivity contribution is 0.0373. The topological polar surface area (TPSA) is 113 Å². The molecule has 0 fully saturated rings. The van der Waals surface area contributed by atoms with Gasteiger partial charge in [-0.1, -0.05) is 25.1 Å². The summed E-state index contributed by atoms with van der Waals surface area (Å²) in [6.07, 6.45) is 4.35. The highest BCUT2D eigenvalue weighted by molar-refractivity contribution is 7.89. The maximum absolute atomic E-state index is 13.6. The highest BCUT2D eigenvalue weighted by Gasteiger charge is 2.36. The van der Waals surface area contributed by atoms with Crippen molar-refractivity contribution in [1.82, 2.24) is 19.2 Å². The molecule has 2 aromatic heterocycles. The molecule has 1 amide bonds. The number of likely N-dealkylation sites (N-methyl/N-ethyl adjacent to an activating group) is 1. The molecule has 190 valence electrons. The molecule has 0 bridgehead atoms. The van der Waals surface area contributed by atoms with Crippen molar-refractivity contribution in [1.29, 1.82) is 0 Å². The average Bonchev–Trinajstić information content (AvgIpc) is 2.90. The Kier molecular flexibility index (Phi) is 7.67. The van der Waals surface area contributed by atoms with Gasteiger partial charge in [-0.15, -0.1) is 0 Å². The van der Waals surface area contributed by atoms with Crippen LogP contribution in [0.15, 0.2) is 72.0 Å². The summed E-state index contributed by atoms with van der Waals surface area (Å²) in [4.78, 5) is 23.9. The van der Waals surface area contributed by atoms with E-state index in [9.17, 15) is 18.3 Å². The zero-order chi connectivity index (χ0) is 25.9. The maximum atomic E-state index is 13.6. The van der Waals surface area contributed by atoms with Crippen LogP contribution in [0.25, 0.3) is 11.1 Å². The summed E-state index contributed by atoms with van der Waals surface area (Å²) in [5, 5.41) is 9.84. The fraction of sp³-hybridized carbons (Fsp3) is 0.346. The summed E-state index contributed by atoms with van der Waals surface area (Å²) in [6.45, 7) is 3.80. The van der Waals surface area contributed by atoms with Crippen molar-refractivity contribution in [2.24, 2.45) is 5.92 Å². The third-order valence-electron chi connectivity index (χ3n) is 6.42. The second-order valence-electron chi connectivity index (χ2n) is 9.03. The molecule has 0 saturated heterocycles. The average molecular weight is 511 g/mol. The van der Waals surface area contributed by atoms with E-state index < -0.39 is 22.2 Å². The summed E-state index contributed by atoms with van der Waals surface area (Å²) in [5.74, 6) is -0.410. The first-order chi connectivity index (χ1) is 17.2. The minimum absolute atomic E-state index is 0.0567. The van der Waals surface area contributed by atoms with Crippen molar-refractivity contribution < 1.29 is 23.1 Å². The highest BCUT2D eigenvalue weighted by Crippen LogP contribution is 2.30. The Labute approximate surface area is 211 Å². The Balaban J connectivity index is 1.71. The largest absolute Gasteiger partial charge is 0.472 e. The fourth-order valence-corrected chi connectivity index (χ4v) is 5.35. The van der Waals surface area contributed by atoms with Gasteiger partial charge in [0.1, 0.15) is 11.7 Å². The van der Waals surface area contributed by atoms with Gasteiger partial charge in [0.15, 0.2) is 0 Å². The molecule has 3 atom stereocenters. The van der Waals surface area contributed by atoms with Crippen LogP contribution >= 0.6 is 0 Å². The zero-order valence-electron chi connectivity index (χ0n) is 20.5.